The fourth-order valence-electron chi connectivity index (χ4n) is 7.12. The molecule has 0 spiro atoms. The number of carboxylic acids is 1. The van der Waals surface area contributed by atoms with Crippen LogP contribution in [-0.4, -0.2) is 59.9 Å². The first-order chi connectivity index (χ1) is 29.1. The van der Waals surface area contributed by atoms with Gasteiger partial charge in [0, 0.05) is 12.8 Å². The standard InChI is InChI=1S/C48H92NO10P/c1-3-5-7-9-11-13-15-17-19-21-22-24-25-27-29-31-33-35-37-39-46(50)56-41-44(42-57-60(54,55)58-43-45(49)48(52)53)59-47(51)40-38-36-34-32-30-28-26-23-20-18-16-14-12-10-8-6-4-2/h17,19,44-45H,3-16,18,20-43,49H2,1-2H3,(H,52,53)(H,54,55)/b19-17+/t44-,45+/m1/s1. The average Bonchev–Trinajstić information content (AvgIpc) is 3.22. The first-order valence-corrected chi connectivity index (χ1v) is 26.2. The Balaban J connectivity index is 4.24. The molecule has 354 valence electrons. The van der Waals surface area contributed by atoms with Gasteiger partial charge in [0.2, 0.25) is 0 Å². The van der Waals surface area contributed by atoms with E-state index in [2.05, 4.69) is 30.5 Å². The third kappa shape index (κ3) is 42.9. The summed E-state index contributed by atoms with van der Waals surface area (Å²) in [6, 6.07) is -1.52. The molecule has 0 aromatic carbocycles. The number of nitrogens with two attached hydrogens (primary N) is 1. The Morgan fingerprint density at radius 2 is 0.833 bits per heavy atom. The lowest BCUT2D eigenvalue weighted by atomic mass is 10.0. The second-order valence-electron chi connectivity index (χ2n) is 17.0. The van der Waals surface area contributed by atoms with Crippen molar-refractivity contribution in [3.05, 3.63) is 12.2 Å². The van der Waals surface area contributed by atoms with E-state index in [1.807, 2.05) is 0 Å². The van der Waals surface area contributed by atoms with Crippen LogP contribution in [0, 0.1) is 0 Å². The molecule has 12 heteroatoms. The molecule has 4 N–H and O–H groups in total. The maximum atomic E-state index is 12.7. The van der Waals surface area contributed by atoms with Crippen molar-refractivity contribution in [2.45, 2.75) is 257 Å². The molecule has 0 aliphatic carbocycles. The monoisotopic (exact) mass is 874 g/mol. The lowest BCUT2D eigenvalue weighted by molar-refractivity contribution is -0.161. The van der Waals surface area contributed by atoms with Gasteiger partial charge in [-0.25, -0.2) is 4.57 Å². The molecular weight excluding hydrogens is 781 g/mol. The molecule has 0 aliphatic rings. The topological polar surface area (TPSA) is 172 Å². The first kappa shape index (κ1) is 58.2. The van der Waals surface area contributed by atoms with Crippen LogP contribution in [0.25, 0.3) is 0 Å². The summed E-state index contributed by atoms with van der Waals surface area (Å²) in [5.74, 6) is -2.36. The van der Waals surface area contributed by atoms with Gasteiger partial charge in [0.05, 0.1) is 13.2 Å². The lowest BCUT2D eigenvalue weighted by Gasteiger charge is -2.20. The number of ether oxygens (including phenoxy) is 2. The number of allylic oxidation sites excluding steroid dienone is 2. The van der Waals surface area contributed by atoms with Crippen LogP contribution >= 0.6 is 7.82 Å². The minimum Gasteiger partial charge on any atom is -0.480 e. The highest BCUT2D eigenvalue weighted by atomic mass is 31.2. The Morgan fingerprint density at radius 1 is 0.500 bits per heavy atom. The number of aliphatic carboxylic acids is 1. The highest BCUT2D eigenvalue weighted by molar-refractivity contribution is 7.47. The molecule has 0 fully saturated rings. The van der Waals surface area contributed by atoms with Crippen LogP contribution in [0.1, 0.15) is 245 Å². The minimum absolute atomic E-state index is 0.167. The molecule has 0 radical (unpaired) electrons. The van der Waals surface area contributed by atoms with Crippen LogP contribution in [0.5, 0.6) is 0 Å². The number of unbranched alkanes of at least 4 members (excludes halogenated alkanes) is 31. The molecular formula is C48H92NO10P. The number of carbonyl (C=O) groups is 3. The third-order valence-electron chi connectivity index (χ3n) is 11.0. The van der Waals surface area contributed by atoms with E-state index >= 15 is 0 Å². The van der Waals surface area contributed by atoms with Gasteiger partial charge in [0.1, 0.15) is 12.6 Å². The Hall–Kier alpha value is -1.78. The highest BCUT2D eigenvalue weighted by Crippen LogP contribution is 2.43. The molecule has 0 aromatic rings. The zero-order valence-electron chi connectivity index (χ0n) is 38.6. The molecule has 11 nitrogen and oxygen atoms in total. The Labute approximate surface area is 367 Å². The number of carboxylic acid groups (broad SMARTS) is 1. The summed E-state index contributed by atoms with van der Waals surface area (Å²) in [5.41, 5.74) is 5.35. The molecule has 0 saturated heterocycles. The van der Waals surface area contributed by atoms with Crippen LogP contribution in [0.3, 0.4) is 0 Å². The van der Waals surface area contributed by atoms with Crippen LogP contribution in [-0.2, 0) is 37.5 Å². The summed E-state index contributed by atoms with van der Waals surface area (Å²) >= 11 is 0. The van der Waals surface area contributed by atoms with Crippen molar-refractivity contribution in [1.82, 2.24) is 0 Å². The Bertz CT molecular complexity index is 1070. The summed E-state index contributed by atoms with van der Waals surface area (Å²) in [5, 5.41) is 8.91. The number of rotatable bonds is 47. The largest absolute Gasteiger partial charge is 0.480 e. The van der Waals surface area contributed by atoms with Crippen molar-refractivity contribution >= 4 is 25.7 Å². The van der Waals surface area contributed by atoms with Crippen molar-refractivity contribution in [3.63, 3.8) is 0 Å². The second-order valence-corrected chi connectivity index (χ2v) is 18.4. The number of carbonyl (C=O) groups excluding carboxylic acids is 2. The van der Waals surface area contributed by atoms with Crippen molar-refractivity contribution in [2.75, 3.05) is 19.8 Å². The molecule has 0 heterocycles. The fraction of sp³-hybridized carbons (Fsp3) is 0.896. The maximum absolute atomic E-state index is 12.7. The zero-order chi connectivity index (χ0) is 44.2. The van der Waals surface area contributed by atoms with Gasteiger partial charge in [-0.1, -0.05) is 206 Å². The third-order valence-corrected chi connectivity index (χ3v) is 12.0. The molecule has 0 rings (SSSR count). The van der Waals surface area contributed by atoms with Gasteiger partial charge in [0.15, 0.2) is 6.10 Å². The number of phosphoric acid groups is 1. The van der Waals surface area contributed by atoms with Crippen molar-refractivity contribution < 1.29 is 47.5 Å². The summed E-state index contributed by atoms with van der Waals surface area (Å²) in [4.78, 5) is 46.1. The number of phosphoric ester groups is 1. The predicted molar refractivity (Wildman–Crippen MR) is 245 cm³/mol. The van der Waals surface area contributed by atoms with Gasteiger partial charge in [-0.3, -0.25) is 23.4 Å². The minimum atomic E-state index is -4.71. The summed E-state index contributed by atoms with van der Waals surface area (Å²) in [6.07, 6.45) is 45.5. The van der Waals surface area contributed by atoms with E-state index in [9.17, 15) is 23.8 Å². The van der Waals surface area contributed by atoms with Crippen LogP contribution < -0.4 is 5.73 Å². The quantitative estimate of drug-likeness (QED) is 0.0230. The SMILES string of the molecule is CCCCCCCC/C=C/CCCCCCCCCCCC(=O)OC[C@H](COP(=O)(O)OC[C@H](N)C(=O)O)OC(=O)CCCCCCCCCCCCCCCCCCC. The van der Waals surface area contributed by atoms with E-state index < -0.39 is 51.1 Å². The van der Waals surface area contributed by atoms with E-state index in [0.29, 0.717) is 12.8 Å². The molecule has 0 amide bonds. The number of hydrogen-bond donors (Lipinski definition) is 3. The summed E-state index contributed by atoms with van der Waals surface area (Å²) < 4.78 is 32.8. The predicted octanol–water partition coefficient (Wildman–Crippen LogP) is 13.6. The van der Waals surface area contributed by atoms with Crippen LogP contribution in [0.4, 0.5) is 0 Å². The summed E-state index contributed by atoms with van der Waals surface area (Å²) in [6.45, 7) is 2.84. The normalized spacial score (nSPS) is 13.7. The highest BCUT2D eigenvalue weighted by Gasteiger charge is 2.28. The molecule has 0 aliphatic heterocycles. The molecule has 3 atom stereocenters. The van der Waals surface area contributed by atoms with Gasteiger partial charge in [-0.2, -0.15) is 0 Å². The number of esters is 2. The molecule has 0 aromatic heterocycles. The zero-order valence-corrected chi connectivity index (χ0v) is 39.5. The van der Waals surface area contributed by atoms with Gasteiger partial charge in [0.25, 0.3) is 0 Å². The van der Waals surface area contributed by atoms with E-state index in [1.165, 1.54) is 167 Å². The van der Waals surface area contributed by atoms with Crippen molar-refractivity contribution in [1.29, 1.82) is 0 Å². The molecule has 0 saturated carbocycles. The van der Waals surface area contributed by atoms with Crippen molar-refractivity contribution in [2.24, 2.45) is 5.73 Å². The lowest BCUT2D eigenvalue weighted by Crippen LogP contribution is -2.34. The molecule has 60 heavy (non-hydrogen) atoms. The number of hydrogen-bond acceptors (Lipinski definition) is 9. The van der Waals surface area contributed by atoms with E-state index in [4.69, 9.17) is 24.8 Å². The smallest absolute Gasteiger partial charge is 0.472 e. The Kier molecular flexibility index (Phi) is 42.6. The molecule has 1 unspecified atom stereocenters. The Morgan fingerprint density at radius 3 is 1.22 bits per heavy atom. The summed E-state index contributed by atoms with van der Waals surface area (Å²) in [7, 11) is -4.71. The maximum Gasteiger partial charge on any atom is 0.472 e. The second kappa shape index (κ2) is 43.9. The first-order valence-electron chi connectivity index (χ1n) is 24.7. The van der Waals surface area contributed by atoms with E-state index in [1.54, 1.807) is 0 Å². The fourth-order valence-corrected chi connectivity index (χ4v) is 7.90. The van der Waals surface area contributed by atoms with Crippen LogP contribution in [0.2, 0.25) is 0 Å². The van der Waals surface area contributed by atoms with Gasteiger partial charge >= 0.3 is 25.7 Å². The average molecular weight is 874 g/mol. The van der Waals surface area contributed by atoms with Gasteiger partial charge in [-0.15, -0.1) is 0 Å². The van der Waals surface area contributed by atoms with E-state index in [0.717, 1.165) is 38.5 Å². The van der Waals surface area contributed by atoms with Gasteiger partial charge in [-0.05, 0) is 38.5 Å². The van der Waals surface area contributed by atoms with Gasteiger partial charge < -0.3 is 25.2 Å². The molecule has 0 bridgehead atoms. The van der Waals surface area contributed by atoms with E-state index in [-0.39, 0.29) is 19.4 Å². The van der Waals surface area contributed by atoms with Crippen molar-refractivity contribution in [3.8, 4) is 0 Å². The van der Waals surface area contributed by atoms with Crippen LogP contribution in [0.15, 0.2) is 12.2 Å².